The van der Waals surface area contributed by atoms with Crippen molar-refractivity contribution in [3.05, 3.63) is 29.3 Å². The van der Waals surface area contributed by atoms with E-state index >= 15 is 0 Å². The summed E-state index contributed by atoms with van der Waals surface area (Å²) in [4.78, 5) is 0. The molecular formula is C11H10BrF5O. The standard InChI is InChI=1S/C11H10BrF5O/c12-6-7-4-8(13)10(9(14)5-7)18-3-1-2-11(15,16)17/h4-5H,1-3,6H2. The van der Waals surface area contributed by atoms with E-state index in [1.54, 1.807) is 0 Å². The van der Waals surface area contributed by atoms with Crippen molar-refractivity contribution >= 4 is 15.9 Å². The van der Waals surface area contributed by atoms with E-state index in [0.29, 0.717) is 5.56 Å². The minimum absolute atomic E-state index is 0.273. The number of alkyl halides is 4. The van der Waals surface area contributed by atoms with Crippen molar-refractivity contribution in [3.63, 3.8) is 0 Å². The van der Waals surface area contributed by atoms with Gasteiger partial charge in [0.15, 0.2) is 17.4 Å². The van der Waals surface area contributed by atoms with Gasteiger partial charge in [0, 0.05) is 11.8 Å². The van der Waals surface area contributed by atoms with Crippen molar-refractivity contribution in [3.8, 4) is 5.75 Å². The zero-order chi connectivity index (χ0) is 13.8. The Balaban J connectivity index is 2.57. The van der Waals surface area contributed by atoms with E-state index in [2.05, 4.69) is 15.9 Å². The van der Waals surface area contributed by atoms with E-state index in [9.17, 15) is 22.0 Å². The molecule has 0 unspecified atom stereocenters. The molecule has 1 aromatic rings. The van der Waals surface area contributed by atoms with E-state index < -0.39 is 30.0 Å². The molecule has 0 aliphatic heterocycles. The zero-order valence-corrected chi connectivity index (χ0v) is 10.7. The predicted octanol–water partition coefficient (Wildman–Crippen LogP) is 4.58. The predicted molar refractivity (Wildman–Crippen MR) is 59.8 cm³/mol. The average Bonchev–Trinajstić information content (AvgIpc) is 2.25. The monoisotopic (exact) mass is 332 g/mol. The van der Waals surface area contributed by atoms with Crippen LogP contribution in [0.15, 0.2) is 12.1 Å². The van der Waals surface area contributed by atoms with Crippen molar-refractivity contribution in [1.82, 2.24) is 0 Å². The van der Waals surface area contributed by atoms with Crippen LogP contribution in [0.4, 0.5) is 22.0 Å². The Labute approximate surface area is 109 Å². The Morgan fingerprint density at radius 1 is 1.11 bits per heavy atom. The first-order valence-electron chi connectivity index (χ1n) is 5.07. The molecule has 1 rings (SSSR count). The maximum absolute atomic E-state index is 13.4. The maximum Gasteiger partial charge on any atom is 0.389 e. The highest BCUT2D eigenvalue weighted by Gasteiger charge is 2.26. The maximum atomic E-state index is 13.4. The van der Waals surface area contributed by atoms with E-state index in [0.717, 1.165) is 12.1 Å². The zero-order valence-electron chi connectivity index (χ0n) is 9.16. The Morgan fingerprint density at radius 3 is 2.11 bits per heavy atom. The summed E-state index contributed by atoms with van der Waals surface area (Å²) in [5.41, 5.74) is 0.382. The van der Waals surface area contributed by atoms with Gasteiger partial charge >= 0.3 is 6.18 Å². The molecule has 0 amide bonds. The molecule has 0 aliphatic rings. The summed E-state index contributed by atoms with van der Waals surface area (Å²) in [5.74, 6) is -2.48. The molecule has 0 heterocycles. The molecule has 1 nitrogen and oxygen atoms in total. The Hall–Kier alpha value is -0.850. The molecule has 18 heavy (non-hydrogen) atoms. The van der Waals surface area contributed by atoms with Crippen LogP contribution in [0, 0.1) is 11.6 Å². The second-order valence-electron chi connectivity index (χ2n) is 3.59. The van der Waals surface area contributed by atoms with Gasteiger partial charge in [0.1, 0.15) is 0 Å². The van der Waals surface area contributed by atoms with E-state index in [4.69, 9.17) is 4.74 Å². The highest BCUT2D eigenvalue weighted by Crippen LogP contribution is 2.26. The number of hydrogen-bond donors (Lipinski definition) is 0. The van der Waals surface area contributed by atoms with Gasteiger partial charge in [-0.2, -0.15) is 13.2 Å². The second-order valence-corrected chi connectivity index (χ2v) is 4.15. The molecule has 0 atom stereocenters. The molecule has 0 aromatic heterocycles. The molecule has 0 fully saturated rings. The molecular weight excluding hydrogens is 323 g/mol. The van der Waals surface area contributed by atoms with Crippen LogP contribution in [-0.2, 0) is 5.33 Å². The van der Waals surface area contributed by atoms with Gasteiger partial charge in [0.2, 0.25) is 0 Å². The molecule has 0 N–H and O–H groups in total. The summed E-state index contributed by atoms with van der Waals surface area (Å²) in [5, 5.41) is 0.273. The molecule has 0 saturated carbocycles. The lowest BCUT2D eigenvalue weighted by atomic mass is 10.2. The van der Waals surface area contributed by atoms with Crippen LogP contribution in [0.2, 0.25) is 0 Å². The smallest absolute Gasteiger partial charge is 0.389 e. The first-order chi connectivity index (χ1) is 8.33. The van der Waals surface area contributed by atoms with Crippen molar-refractivity contribution in [2.75, 3.05) is 6.61 Å². The fourth-order valence-corrected chi connectivity index (χ4v) is 1.60. The summed E-state index contributed by atoms with van der Waals surface area (Å²) < 4.78 is 66.9. The first kappa shape index (κ1) is 15.2. The van der Waals surface area contributed by atoms with Gasteiger partial charge in [0.05, 0.1) is 6.61 Å². The summed E-state index contributed by atoms with van der Waals surface area (Å²) >= 11 is 3.04. The van der Waals surface area contributed by atoms with E-state index in [-0.39, 0.29) is 18.4 Å². The molecule has 0 bridgehead atoms. The SMILES string of the molecule is Fc1cc(CBr)cc(F)c1OCCCC(F)(F)F. The number of rotatable bonds is 5. The van der Waals surface area contributed by atoms with Crippen molar-refractivity contribution in [2.24, 2.45) is 0 Å². The fourth-order valence-electron chi connectivity index (χ4n) is 1.27. The van der Waals surface area contributed by atoms with Crippen LogP contribution in [0.3, 0.4) is 0 Å². The van der Waals surface area contributed by atoms with Crippen LogP contribution in [0.1, 0.15) is 18.4 Å². The number of hydrogen-bond acceptors (Lipinski definition) is 1. The number of ether oxygens (including phenoxy) is 1. The molecule has 0 radical (unpaired) electrons. The van der Waals surface area contributed by atoms with Crippen LogP contribution in [0.5, 0.6) is 5.75 Å². The van der Waals surface area contributed by atoms with Gasteiger partial charge in [-0.05, 0) is 24.1 Å². The van der Waals surface area contributed by atoms with Gasteiger partial charge in [-0.1, -0.05) is 15.9 Å². The van der Waals surface area contributed by atoms with Crippen LogP contribution in [0.25, 0.3) is 0 Å². The number of halogens is 6. The third-order valence-corrected chi connectivity index (χ3v) is 2.71. The largest absolute Gasteiger partial charge is 0.488 e. The first-order valence-corrected chi connectivity index (χ1v) is 6.19. The van der Waals surface area contributed by atoms with E-state index in [1.807, 2.05) is 0 Å². The molecule has 1 aromatic carbocycles. The highest BCUT2D eigenvalue weighted by atomic mass is 79.9. The van der Waals surface area contributed by atoms with Crippen LogP contribution >= 0.6 is 15.9 Å². The van der Waals surface area contributed by atoms with Gasteiger partial charge in [0.25, 0.3) is 0 Å². The molecule has 0 aliphatic carbocycles. The quantitative estimate of drug-likeness (QED) is 0.435. The summed E-state index contributed by atoms with van der Waals surface area (Å²) in [6.45, 7) is -0.388. The van der Waals surface area contributed by atoms with Crippen LogP contribution < -0.4 is 4.74 Å². The van der Waals surface area contributed by atoms with Gasteiger partial charge < -0.3 is 4.74 Å². The lowest BCUT2D eigenvalue weighted by Crippen LogP contribution is -2.10. The van der Waals surface area contributed by atoms with Crippen molar-refractivity contribution in [1.29, 1.82) is 0 Å². The molecule has 0 saturated heterocycles. The highest BCUT2D eigenvalue weighted by molar-refractivity contribution is 9.08. The van der Waals surface area contributed by atoms with Gasteiger partial charge in [-0.3, -0.25) is 0 Å². The van der Waals surface area contributed by atoms with Gasteiger partial charge in [-0.25, -0.2) is 8.78 Å². The van der Waals surface area contributed by atoms with Crippen LogP contribution in [-0.4, -0.2) is 12.8 Å². The minimum atomic E-state index is -4.29. The molecule has 102 valence electrons. The molecule has 0 spiro atoms. The summed E-state index contributed by atoms with van der Waals surface area (Å²) in [6, 6.07) is 2.13. The Kier molecular flexibility index (Phi) is 5.37. The average molecular weight is 333 g/mol. The fraction of sp³-hybridized carbons (Fsp3) is 0.455. The summed E-state index contributed by atoms with van der Waals surface area (Å²) in [6.07, 6.45) is -5.68. The third kappa shape index (κ3) is 4.80. The topological polar surface area (TPSA) is 9.23 Å². The summed E-state index contributed by atoms with van der Waals surface area (Å²) in [7, 11) is 0. The van der Waals surface area contributed by atoms with Gasteiger partial charge in [-0.15, -0.1) is 0 Å². The lowest BCUT2D eigenvalue weighted by molar-refractivity contribution is -0.136. The third-order valence-electron chi connectivity index (χ3n) is 2.06. The minimum Gasteiger partial charge on any atom is -0.488 e. The molecule has 7 heteroatoms. The lowest BCUT2D eigenvalue weighted by Gasteiger charge is -2.10. The van der Waals surface area contributed by atoms with E-state index in [1.165, 1.54) is 0 Å². The Bertz CT molecular complexity index is 382. The van der Waals surface area contributed by atoms with Crippen molar-refractivity contribution < 1.29 is 26.7 Å². The number of benzene rings is 1. The van der Waals surface area contributed by atoms with Crippen molar-refractivity contribution in [2.45, 2.75) is 24.3 Å². The Morgan fingerprint density at radius 2 is 1.67 bits per heavy atom. The normalized spacial score (nSPS) is 11.7. The second kappa shape index (κ2) is 6.36.